The van der Waals surface area contributed by atoms with Crippen LogP contribution < -0.4 is 20.7 Å². The number of rotatable bonds is 6. The highest BCUT2D eigenvalue weighted by molar-refractivity contribution is 7.21. The second-order valence-corrected chi connectivity index (χ2v) is 10.7. The Morgan fingerprint density at radius 3 is 2.95 bits per heavy atom. The molecule has 38 heavy (non-hydrogen) atoms. The summed E-state index contributed by atoms with van der Waals surface area (Å²) in [7, 11) is 0. The number of carbonyl (C=O) groups is 2. The lowest BCUT2D eigenvalue weighted by Crippen LogP contribution is -2.46. The Morgan fingerprint density at radius 2 is 2.08 bits per heavy atom. The molecule has 6 heterocycles. The van der Waals surface area contributed by atoms with Crippen LogP contribution in [-0.4, -0.2) is 81.1 Å². The Morgan fingerprint density at radius 1 is 1.18 bits per heavy atom. The fourth-order valence-electron chi connectivity index (χ4n) is 4.80. The predicted octanol–water partition coefficient (Wildman–Crippen LogP) is 1.33. The highest BCUT2D eigenvalue weighted by Crippen LogP contribution is 2.37. The molecule has 3 aromatic rings. The molecule has 200 valence electrons. The first-order chi connectivity index (χ1) is 18.4. The van der Waals surface area contributed by atoms with Gasteiger partial charge >= 0.3 is 0 Å². The van der Waals surface area contributed by atoms with Crippen LogP contribution in [0.3, 0.4) is 0 Å². The number of aryl methyl sites for hydroxylation is 1. The third-order valence-electron chi connectivity index (χ3n) is 6.75. The van der Waals surface area contributed by atoms with E-state index >= 15 is 0 Å². The van der Waals surface area contributed by atoms with Crippen molar-refractivity contribution in [2.45, 2.75) is 39.0 Å². The first kappa shape index (κ1) is 24.6. The zero-order chi connectivity index (χ0) is 26.2. The minimum atomic E-state index is -0.267. The number of dihydropyridines is 1. The molecule has 0 aromatic carbocycles. The number of aromatic nitrogens is 4. The van der Waals surface area contributed by atoms with Gasteiger partial charge in [0, 0.05) is 44.1 Å². The van der Waals surface area contributed by atoms with Crippen LogP contribution in [0.25, 0.3) is 15.3 Å². The summed E-state index contributed by atoms with van der Waals surface area (Å²) in [4.78, 5) is 29.6. The van der Waals surface area contributed by atoms with E-state index in [2.05, 4.69) is 31.0 Å². The number of nitrogens with one attached hydrogen (secondary N) is 3. The molecular formula is C25H30N8O4S. The molecule has 2 amide bonds. The molecule has 0 spiro atoms. The smallest absolute Gasteiger partial charge is 0.260 e. The first-order valence-corrected chi connectivity index (χ1v) is 13.6. The molecule has 3 aliphatic heterocycles. The fraction of sp³-hybridized carbons (Fsp3) is 0.440. The molecule has 2 unspecified atom stereocenters. The van der Waals surface area contributed by atoms with Crippen LogP contribution in [0, 0.1) is 0 Å². The van der Waals surface area contributed by atoms with Gasteiger partial charge in [0.15, 0.2) is 0 Å². The van der Waals surface area contributed by atoms with Gasteiger partial charge in [-0.1, -0.05) is 0 Å². The zero-order valence-electron chi connectivity index (χ0n) is 21.3. The van der Waals surface area contributed by atoms with Crippen molar-refractivity contribution in [3.63, 3.8) is 0 Å². The number of fused-ring (bicyclic) bond motifs is 2. The summed E-state index contributed by atoms with van der Waals surface area (Å²) in [5.74, 6) is 0.374. The van der Waals surface area contributed by atoms with Crippen molar-refractivity contribution in [1.82, 2.24) is 40.2 Å². The van der Waals surface area contributed by atoms with Gasteiger partial charge in [-0.15, -0.1) is 11.3 Å². The quantitative estimate of drug-likeness (QED) is 0.429. The van der Waals surface area contributed by atoms with Crippen molar-refractivity contribution in [3.05, 3.63) is 47.8 Å². The monoisotopic (exact) mass is 538 g/mol. The summed E-state index contributed by atoms with van der Waals surface area (Å²) in [5.41, 5.74) is 2.62. The number of hydrogen-bond donors (Lipinski definition) is 3. The van der Waals surface area contributed by atoms with E-state index in [0.717, 1.165) is 47.2 Å². The van der Waals surface area contributed by atoms with Crippen molar-refractivity contribution < 1.29 is 19.1 Å². The highest BCUT2D eigenvalue weighted by atomic mass is 32.1. The summed E-state index contributed by atoms with van der Waals surface area (Å²) in [5, 5.41) is 17.9. The number of hydrogen-bond acceptors (Lipinski definition) is 9. The van der Waals surface area contributed by atoms with E-state index in [1.165, 1.54) is 11.3 Å². The molecule has 0 saturated carbocycles. The molecule has 3 aliphatic rings. The van der Waals surface area contributed by atoms with E-state index in [1.807, 2.05) is 24.7 Å². The first-order valence-electron chi connectivity index (χ1n) is 12.7. The van der Waals surface area contributed by atoms with Gasteiger partial charge in [0.1, 0.15) is 4.83 Å². The molecule has 1 fully saturated rings. The average molecular weight is 539 g/mol. The van der Waals surface area contributed by atoms with Crippen molar-refractivity contribution in [3.8, 4) is 16.3 Å². The normalized spacial score (nSPS) is 21.6. The van der Waals surface area contributed by atoms with Gasteiger partial charge in [-0.3, -0.25) is 14.5 Å². The largest absolute Gasteiger partial charge is 0.477 e. The van der Waals surface area contributed by atoms with Crippen molar-refractivity contribution in [2.24, 2.45) is 0 Å². The van der Waals surface area contributed by atoms with Gasteiger partial charge in [-0.25, -0.2) is 9.20 Å². The average Bonchev–Trinajstić information content (AvgIpc) is 3.60. The molecule has 12 nitrogen and oxygen atoms in total. The standard InChI is InChI=1S/C25H30N8O4S/c1-15-12-31(5-7-36-15)14-22(34)29-17-8-20(16(2)26-9-17)30-23(35)19-11-28-33-13-21(38-25(19)33)18-10-27-32-4-3-6-37-24(18)32/h8-11,13,15-16,26H,3-7,12,14H2,1-2H3,(H,29,34)(H,30,35). The second kappa shape index (κ2) is 10.2. The van der Waals surface area contributed by atoms with E-state index in [4.69, 9.17) is 9.47 Å². The number of allylic oxidation sites excluding steroid dienone is 1. The van der Waals surface area contributed by atoms with Crippen LogP contribution in [0.15, 0.2) is 42.3 Å². The fourth-order valence-corrected chi connectivity index (χ4v) is 5.86. The van der Waals surface area contributed by atoms with E-state index in [9.17, 15) is 9.59 Å². The van der Waals surface area contributed by atoms with Crippen molar-refractivity contribution in [2.75, 3.05) is 32.8 Å². The molecule has 13 heteroatoms. The van der Waals surface area contributed by atoms with Crippen LogP contribution in [0.4, 0.5) is 0 Å². The summed E-state index contributed by atoms with van der Waals surface area (Å²) in [6.07, 6.45) is 9.84. The SMILES string of the molecule is CC1CN(CC(=O)NC2=CNC(C)C(NC(=O)c3cnn4cc(-c5cnn6c5OCCC6)sc34)=C2)CCO1. The van der Waals surface area contributed by atoms with E-state index in [1.54, 1.807) is 29.2 Å². The number of thiazole rings is 1. The maximum absolute atomic E-state index is 13.3. The minimum Gasteiger partial charge on any atom is -0.477 e. The molecule has 2 atom stereocenters. The number of morpholine rings is 1. The topological polar surface area (TPSA) is 127 Å². The van der Waals surface area contributed by atoms with Crippen LogP contribution >= 0.6 is 11.3 Å². The molecule has 1 saturated heterocycles. The third kappa shape index (κ3) is 4.91. The molecule has 0 radical (unpaired) electrons. The summed E-state index contributed by atoms with van der Waals surface area (Å²) in [6, 6.07) is -0.138. The van der Waals surface area contributed by atoms with Crippen molar-refractivity contribution >= 4 is 28.0 Å². The molecule has 0 bridgehead atoms. The number of amides is 2. The molecule has 3 N–H and O–H groups in total. The Bertz CT molecular complexity index is 1440. The number of carbonyl (C=O) groups excluding carboxylic acids is 2. The van der Waals surface area contributed by atoms with E-state index in [-0.39, 0.29) is 30.5 Å². The Kier molecular flexibility index (Phi) is 6.64. The number of ether oxygens (including phenoxy) is 2. The maximum Gasteiger partial charge on any atom is 0.260 e. The number of nitrogens with zero attached hydrogens (tertiary/aromatic N) is 5. The van der Waals surface area contributed by atoms with Gasteiger partial charge in [0.25, 0.3) is 5.91 Å². The minimum absolute atomic E-state index is 0.112. The van der Waals surface area contributed by atoms with Crippen LogP contribution in [-0.2, 0) is 16.1 Å². The highest BCUT2D eigenvalue weighted by Gasteiger charge is 2.24. The molecule has 0 aliphatic carbocycles. The van der Waals surface area contributed by atoms with E-state index < -0.39 is 0 Å². The lowest BCUT2D eigenvalue weighted by molar-refractivity contribution is -0.123. The Labute approximate surface area is 223 Å². The van der Waals surface area contributed by atoms with Gasteiger partial charge in [0.2, 0.25) is 11.8 Å². The van der Waals surface area contributed by atoms with Crippen LogP contribution in [0.2, 0.25) is 0 Å². The zero-order valence-corrected chi connectivity index (χ0v) is 22.1. The van der Waals surface area contributed by atoms with Gasteiger partial charge < -0.3 is 25.4 Å². The molecular weight excluding hydrogens is 508 g/mol. The Hall–Kier alpha value is -3.68. The summed E-state index contributed by atoms with van der Waals surface area (Å²) >= 11 is 1.47. The summed E-state index contributed by atoms with van der Waals surface area (Å²) in [6.45, 7) is 7.80. The predicted molar refractivity (Wildman–Crippen MR) is 141 cm³/mol. The second-order valence-electron chi connectivity index (χ2n) is 9.70. The molecule has 6 rings (SSSR count). The lowest BCUT2D eigenvalue weighted by atomic mass is 10.1. The van der Waals surface area contributed by atoms with Crippen LogP contribution in [0.5, 0.6) is 5.88 Å². The van der Waals surface area contributed by atoms with Crippen molar-refractivity contribution in [1.29, 1.82) is 0 Å². The van der Waals surface area contributed by atoms with Gasteiger partial charge in [-0.05, 0) is 19.9 Å². The Balaban J connectivity index is 1.14. The van der Waals surface area contributed by atoms with Gasteiger partial charge in [-0.2, -0.15) is 10.2 Å². The lowest BCUT2D eigenvalue weighted by Gasteiger charge is -2.30. The maximum atomic E-state index is 13.3. The third-order valence-corrected chi connectivity index (χ3v) is 7.90. The van der Waals surface area contributed by atoms with Crippen LogP contribution in [0.1, 0.15) is 30.6 Å². The van der Waals surface area contributed by atoms with Gasteiger partial charge in [0.05, 0.1) is 66.0 Å². The summed E-state index contributed by atoms with van der Waals surface area (Å²) < 4.78 is 14.9. The molecule has 3 aromatic heterocycles. The van der Waals surface area contributed by atoms with E-state index in [0.29, 0.717) is 30.2 Å².